The van der Waals surface area contributed by atoms with Crippen molar-refractivity contribution in [2.24, 2.45) is 0 Å². The summed E-state index contributed by atoms with van der Waals surface area (Å²) in [6.45, 7) is 6.86. The zero-order valence-corrected chi connectivity index (χ0v) is 25.2. The predicted molar refractivity (Wildman–Crippen MR) is 165 cm³/mol. The average Bonchev–Trinajstić information content (AvgIpc) is 3.77. The molecule has 2 radical (unpaired) electrons. The van der Waals surface area contributed by atoms with Gasteiger partial charge in [-0.2, -0.15) is 0 Å². The van der Waals surface area contributed by atoms with Crippen molar-refractivity contribution in [1.29, 1.82) is 0 Å². The van der Waals surface area contributed by atoms with Gasteiger partial charge in [-0.1, -0.05) is 98.0 Å². The third kappa shape index (κ3) is 6.74. The summed E-state index contributed by atoms with van der Waals surface area (Å²) in [6, 6.07) is 25.8. The topological polar surface area (TPSA) is 26.3 Å². The molecule has 0 spiro atoms. The Morgan fingerprint density at radius 2 is 1.18 bits per heavy atom. The van der Waals surface area contributed by atoms with Gasteiger partial charge in [0.1, 0.15) is 11.0 Å². The van der Waals surface area contributed by atoms with Crippen molar-refractivity contribution in [3.63, 3.8) is 0 Å². The van der Waals surface area contributed by atoms with E-state index in [1.807, 2.05) is 42.9 Å². The van der Waals surface area contributed by atoms with Gasteiger partial charge >= 0.3 is 0 Å². The quantitative estimate of drug-likeness (QED) is 0.162. The summed E-state index contributed by atoms with van der Waals surface area (Å²) >= 11 is 0. The molecule has 2 nitrogen and oxygen atoms in total. The number of hydrogen-bond donors (Lipinski definition) is 0. The van der Waals surface area contributed by atoms with Crippen LogP contribution in [0.4, 0.5) is 0 Å². The summed E-state index contributed by atoms with van der Waals surface area (Å²) in [4.78, 5) is 0. The van der Waals surface area contributed by atoms with Gasteiger partial charge in [-0.15, -0.1) is 0 Å². The first-order valence-corrected chi connectivity index (χ1v) is 15.6. The van der Waals surface area contributed by atoms with E-state index in [9.17, 15) is 0 Å². The molecule has 0 fully saturated rings. The molecular weight excluding hydrogens is 558 g/mol. The van der Waals surface area contributed by atoms with E-state index in [-0.39, 0.29) is 17.1 Å². The third-order valence-electron chi connectivity index (χ3n) is 6.66. The number of rotatable bonds is 7. The molecule has 4 aromatic rings. The van der Waals surface area contributed by atoms with Crippen molar-refractivity contribution >= 4 is 37.5 Å². The summed E-state index contributed by atoms with van der Waals surface area (Å²) in [7, 11) is -1.50. The van der Waals surface area contributed by atoms with Gasteiger partial charge in [0.25, 0.3) is 0 Å². The van der Waals surface area contributed by atoms with Crippen LogP contribution in [0.2, 0.25) is 0 Å². The molecule has 2 heterocycles. The third-order valence-corrected chi connectivity index (χ3v) is 12.0. The molecule has 0 bridgehead atoms. The molecule has 6 rings (SSSR count). The molecular formula is C34H32FeO2P2. The van der Waals surface area contributed by atoms with Crippen LogP contribution in [0.3, 0.4) is 0 Å². The number of furan rings is 2. The summed E-state index contributed by atoms with van der Waals surface area (Å²) in [5.41, 5.74) is 4.98. The number of hydrogen-bond acceptors (Lipinski definition) is 2. The molecule has 0 aliphatic heterocycles. The molecule has 0 unspecified atom stereocenters. The fraction of sp³-hybridized carbons (Fsp3) is 0.118. The molecule has 2 aromatic carbocycles. The SMILES string of the molecule is Cc1ccccc1P(c1ccccc1C)[C@H](C)[C]1C=CC=C1P(c1ccco1)c1ccco1.[CH]1C=CC=C1.[Fe]. The van der Waals surface area contributed by atoms with Gasteiger partial charge in [0.05, 0.1) is 20.4 Å². The summed E-state index contributed by atoms with van der Waals surface area (Å²) < 4.78 is 11.8. The van der Waals surface area contributed by atoms with Crippen molar-refractivity contribution in [1.82, 2.24) is 0 Å². The Morgan fingerprint density at radius 3 is 1.62 bits per heavy atom. The van der Waals surface area contributed by atoms with Gasteiger partial charge in [-0.05, 0) is 78.7 Å². The van der Waals surface area contributed by atoms with Gasteiger partial charge in [-0.3, -0.25) is 0 Å². The second kappa shape index (κ2) is 14.1. The second-order valence-electron chi connectivity index (χ2n) is 9.19. The van der Waals surface area contributed by atoms with Crippen LogP contribution in [-0.2, 0) is 17.1 Å². The van der Waals surface area contributed by atoms with Crippen molar-refractivity contribution in [3.8, 4) is 0 Å². The van der Waals surface area contributed by atoms with Crippen LogP contribution in [0.1, 0.15) is 18.1 Å². The Balaban J connectivity index is 0.000000530. The van der Waals surface area contributed by atoms with Gasteiger partial charge in [-0.25, -0.2) is 0 Å². The average molecular weight is 590 g/mol. The normalized spacial score (nSPS) is 14.8. The minimum absolute atomic E-state index is 0. The monoisotopic (exact) mass is 590 g/mol. The second-order valence-corrected chi connectivity index (χ2v) is 13.7. The van der Waals surface area contributed by atoms with Gasteiger partial charge < -0.3 is 8.83 Å². The van der Waals surface area contributed by atoms with Crippen LogP contribution in [0.25, 0.3) is 0 Å². The van der Waals surface area contributed by atoms with E-state index in [1.165, 1.54) is 33.0 Å². The molecule has 39 heavy (non-hydrogen) atoms. The first-order chi connectivity index (χ1) is 18.6. The zero-order chi connectivity index (χ0) is 26.3. The molecule has 2 aliphatic rings. The van der Waals surface area contributed by atoms with Crippen LogP contribution in [0, 0.1) is 26.2 Å². The zero-order valence-electron chi connectivity index (χ0n) is 22.3. The van der Waals surface area contributed by atoms with Gasteiger partial charge in [0.2, 0.25) is 0 Å². The number of benzene rings is 2. The fourth-order valence-corrected chi connectivity index (χ4v) is 10.2. The molecule has 0 amide bonds. The minimum atomic E-state index is -0.889. The van der Waals surface area contributed by atoms with Crippen molar-refractivity contribution in [2.45, 2.75) is 26.4 Å². The molecule has 2 aromatic heterocycles. The molecule has 0 saturated carbocycles. The van der Waals surface area contributed by atoms with Crippen LogP contribution in [0.15, 0.2) is 142 Å². The van der Waals surface area contributed by atoms with Crippen LogP contribution < -0.4 is 21.6 Å². The molecule has 198 valence electrons. The van der Waals surface area contributed by atoms with E-state index >= 15 is 0 Å². The van der Waals surface area contributed by atoms with E-state index in [0.717, 1.165) is 11.0 Å². The molecule has 2 aliphatic carbocycles. The number of aryl methyl sites for hydroxylation is 2. The molecule has 5 heteroatoms. The number of allylic oxidation sites excluding steroid dienone is 8. The van der Waals surface area contributed by atoms with E-state index in [0.29, 0.717) is 5.66 Å². The van der Waals surface area contributed by atoms with E-state index in [2.05, 4.69) is 99.7 Å². The van der Waals surface area contributed by atoms with E-state index in [1.54, 1.807) is 12.5 Å². The Bertz CT molecular complexity index is 1360. The predicted octanol–water partition coefficient (Wildman–Crippen LogP) is 7.79. The first-order valence-electron chi connectivity index (χ1n) is 12.8. The summed E-state index contributed by atoms with van der Waals surface area (Å²) in [5, 5.41) is 4.21. The van der Waals surface area contributed by atoms with Crippen molar-refractivity contribution in [3.05, 3.63) is 157 Å². The molecule has 1 atom stereocenters. The van der Waals surface area contributed by atoms with Crippen molar-refractivity contribution in [2.75, 3.05) is 0 Å². The standard InChI is InChI=1S/C29H27O2P2.C5H5.Fe/c1-21-11-4-6-14-25(21)32(26-15-7-5-12-22(26)2)23(3)24-13-8-16-27(24)33(28-17-9-19-30-28)29-18-10-20-31-29;1-2-4-5-3-1;/h4-20,23H,1-3H3;1-5H;/t23-;;/m1../s1. The smallest absolute Gasteiger partial charge is 0.137 e. The fourth-order valence-electron chi connectivity index (χ4n) is 4.80. The van der Waals surface area contributed by atoms with Crippen LogP contribution >= 0.6 is 15.8 Å². The Morgan fingerprint density at radius 1 is 0.641 bits per heavy atom. The Hall–Kier alpha value is -2.66. The summed E-state index contributed by atoms with van der Waals surface area (Å²) in [5.74, 6) is 1.38. The first kappa shape index (κ1) is 29.3. The van der Waals surface area contributed by atoms with Crippen LogP contribution in [0.5, 0.6) is 0 Å². The molecule has 0 N–H and O–H groups in total. The maximum atomic E-state index is 5.92. The van der Waals surface area contributed by atoms with Crippen molar-refractivity contribution < 1.29 is 25.9 Å². The molecule has 0 saturated heterocycles. The van der Waals surface area contributed by atoms with E-state index < -0.39 is 15.8 Å². The largest absolute Gasteiger partial charge is 0.464 e. The maximum Gasteiger partial charge on any atom is 0.137 e. The minimum Gasteiger partial charge on any atom is -0.464 e. The maximum absolute atomic E-state index is 5.92. The van der Waals surface area contributed by atoms with E-state index in [4.69, 9.17) is 8.83 Å². The summed E-state index contributed by atoms with van der Waals surface area (Å²) in [6.07, 6.45) is 20.3. The van der Waals surface area contributed by atoms with Crippen LogP contribution in [-0.4, -0.2) is 5.66 Å². The Kier molecular flexibility index (Phi) is 10.6. The Labute approximate surface area is 245 Å². The van der Waals surface area contributed by atoms with Gasteiger partial charge in [0, 0.05) is 29.4 Å². The van der Waals surface area contributed by atoms with Gasteiger partial charge in [0.15, 0.2) is 0 Å².